The van der Waals surface area contributed by atoms with Crippen LogP contribution in [0.15, 0.2) is 0 Å². The van der Waals surface area contributed by atoms with Gasteiger partial charge in [0.05, 0.1) is 25.4 Å². The lowest BCUT2D eigenvalue weighted by atomic mass is 9.78. The Morgan fingerprint density at radius 2 is 1.85 bits per heavy atom. The summed E-state index contributed by atoms with van der Waals surface area (Å²) in [6, 6.07) is -1.98. The van der Waals surface area contributed by atoms with Gasteiger partial charge in [-0.1, -0.05) is 27.7 Å². The lowest BCUT2D eigenvalue weighted by Gasteiger charge is -2.55. The van der Waals surface area contributed by atoms with E-state index < -0.39 is 52.1 Å². The number of hydrogen-bond donors (Lipinski definition) is 2. The van der Waals surface area contributed by atoms with Crippen molar-refractivity contribution in [1.29, 1.82) is 0 Å². The second kappa shape index (κ2) is 8.14. The molecule has 1 fully saturated rings. The number of piperidine rings is 1. The lowest BCUT2D eigenvalue weighted by Crippen LogP contribution is -2.69. The van der Waals surface area contributed by atoms with Crippen LogP contribution < -0.4 is 5.32 Å². The molecule has 27 heavy (non-hydrogen) atoms. The van der Waals surface area contributed by atoms with Crippen molar-refractivity contribution in [2.45, 2.75) is 85.4 Å². The van der Waals surface area contributed by atoms with E-state index in [1.54, 1.807) is 41.5 Å². The molecule has 8 nitrogen and oxygen atoms in total. The fourth-order valence-corrected chi connectivity index (χ4v) is 3.79. The number of hydrogen-bond acceptors (Lipinski definition) is 5. The monoisotopic (exact) mass is 386 g/mol. The van der Waals surface area contributed by atoms with Crippen LogP contribution in [-0.2, 0) is 14.3 Å². The van der Waals surface area contributed by atoms with Crippen molar-refractivity contribution in [2.24, 2.45) is 11.3 Å². The molecule has 1 heterocycles. The zero-order valence-electron chi connectivity index (χ0n) is 17.5. The third-order valence-corrected chi connectivity index (χ3v) is 4.71. The molecule has 156 valence electrons. The summed E-state index contributed by atoms with van der Waals surface area (Å²) < 4.78 is 4.12. The first kappa shape index (κ1) is 23.4. The number of hydroxylamine groups is 3. The van der Waals surface area contributed by atoms with Gasteiger partial charge in [0, 0.05) is 11.8 Å². The minimum absolute atomic E-state index is 0.0774. The van der Waals surface area contributed by atoms with E-state index in [4.69, 9.17) is 4.74 Å². The number of likely N-dealkylation sites (tertiary alicyclic amines) is 1. The maximum Gasteiger partial charge on any atom is 0.408 e. The third kappa shape index (κ3) is 6.46. The first-order valence-electron chi connectivity index (χ1n) is 9.39. The summed E-state index contributed by atoms with van der Waals surface area (Å²) in [5, 5.41) is 25.5. The Morgan fingerprint density at radius 1 is 1.30 bits per heavy atom. The average Bonchev–Trinajstić information content (AvgIpc) is 2.39. The fraction of sp³-hybridized carbons (Fsp3) is 0.842. The van der Waals surface area contributed by atoms with E-state index >= 15 is 0 Å². The summed E-state index contributed by atoms with van der Waals surface area (Å²) in [5.74, 6) is -1.50. The van der Waals surface area contributed by atoms with E-state index in [-0.39, 0.29) is 18.9 Å². The second-order valence-corrected chi connectivity index (χ2v) is 9.67. The highest BCUT2D eigenvalue weighted by Crippen LogP contribution is 2.37. The summed E-state index contributed by atoms with van der Waals surface area (Å²) in [7, 11) is 0. The molecule has 0 radical (unpaired) electrons. The molecule has 1 aliphatic heterocycles. The van der Waals surface area contributed by atoms with Crippen molar-refractivity contribution in [1.82, 2.24) is 5.32 Å². The van der Waals surface area contributed by atoms with Crippen molar-refractivity contribution < 1.29 is 28.9 Å². The van der Waals surface area contributed by atoms with Crippen molar-refractivity contribution in [3.63, 3.8) is 0 Å². The van der Waals surface area contributed by atoms with Crippen molar-refractivity contribution in [3.05, 3.63) is 5.21 Å². The molecule has 2 N–H and O–H groups in total. The molecule has 0 aromatic rings. The highest BCUT2D eigenvalue weighted by Gasteiger charge is 2.51. The van der Waals surface area contributed by atoms with Crippen LogP contribution in [0, 0.1) is 16.5 Å². The van der Waals surface area contributed by atoms with E-state index in [2.05, 4.69) is 5.32 Å². The van der Waals surface area contributed by atoms with E-state index in [0.29, 0.717) is 6.42 Å². The molecule has 0 aromatic heterocycles. The minimum atomic E-state index is -1.16. The zero-order chi connectivity index (χ0) is 21.2. The summed E-state index contributed by atoms with van der Waals surface area (Å²) in [5.41, 5.74) is -1.48. The number of nitrogens with zero attached hydrogens (tertiary/aromatic N) is 1. The van der Waals surface area contributed by atoms with Crippen LogP contribution in [0.3, 0.4) is 0 Å². The molecule has 0 bridgehead atoms. The molecule has 3 unspecified atom stereocenters. The molecule has 1 rings (SSSR count). The van der Waals surface area contributed by atoms with Gasteiger partial charge in [0.25, 0.3) is 0 Å². The van der Waals surface area contributed by atoms with E-state index in [0.717, 1.165) is 0 Å². The molecule has 0 spiro atoms. The Kier molecular flexibility index (Phi) is 7.05. The summed E-state index contributed by atoms with van der Waals surface area (Å²) in [4.78, 5) is 36.4. The smallest absolute Gasteiger partial charge is 0.408 e. The van der Waals surface area contributed by atoms with Crippen LogP contribution in [0.5, 0.6) is 0 Å². The maximum absolute atomic E-state index is 13.6. The normalized spacial score (nSPS) is 26.2. The molecular formula is C19H34N2O6. The van der Waals surface area contributed by atoms with Crippen molar-refractivity contribution in [3.8, 4) is 0 Å². The molecule has 2 amide bonds. The van der Waals surface area contributed by atoms with Crippen LogP contribution in [0.4, 0.5) is 4.79 Å². The lowest BCUT2D eigenvalue weighted by molar-refractivity contribution is -0.846. The number of ether oxygens (including phenoxy) is 1. The van der Waals surface area contributed by atoms with Gasteiger partial charge in [-0.15, -0.1) is 0 Å². The quantitative estimate of drug-likeness (QED) is 0.554. The molecule has 0 aliphatic carbocycles. The molecule has 8 heteroatoms. The Bertz CT molecular complexity index is 578. The van der Waals surface area contributed by atoms with Crippen molar-refractivity contribution in [2.75, 3.05) is 6.54 Å². The highest BCUT2D eigenvalue weighted by molar-refractivity contribution is 5.73. The fourth-order valence-electron chi connectivity index (χ4n) is 3.79. The number of carboxylic acids is 1. The predicted molar refractivity (Wildman–Crippen MR) is 101 cm³/mol. The zero-order valence-corrected chi connectivity index (χ0v) is 17.5. The Balaban J connectivity index is 3.26. The van der Waals surface area contributed by atoms with Crippen LogP contribution >= 0.6 is 0 Å². The Morgan fingerprint density at radius 3 is 2.26 bits per heavy atom. The summed E-state index contributed by atoms with van der Waals surface area (Å²) in [6.45, 7) is 12.4. The first-order valence-corrected chi connectivity index (χ1v) is 9.39. The van der Waals surface area contributed by atoms with Crippen molar-refractivity contribution >= 4 is 18.0 Å². The van der Waals surface area contributed by atoms with Gasteiger partial charge in [0.15, 0.2) is 0 Å². The maximum atomic E-state index is 13.6. The van der Waals surface area contributed by atoms with Gasteiger partial charge >= 0.3 is 18.0 Å². The summed E-state index contributed by atoms with van der Waals surface area (Å²) in [6.07, 6.45) is -0.532. The minimum Gasteiger partial charge on any atom is -0.625 e. The topological polar surface area (TPSA) is 116 Å². The number of alkyl carbamates (subject to hydrolysis) is 1. The molecule has 0 aromatic carbocycles. The molecule has 1 saturated heterocycles. The van der Waals surface area contributed by atoms with Gasteiger partial charge < -0.3 is 20.4 Å². The van der Waals surface area contributed by atoms with Gasteiger partial charge in [0.2, 0.25) is 0 Å². The molecule has 1 aliphatic rings. The first-order chi connectivity index (χ1) is 12.1. The average molecular weight is 386 g/mol. The second-order valence-electron chi connectivity index (χ2n) is 9.67. The number of carboxylic acid groups (broad SMARTS) is 1. The van der Waals surface area contributed by atoms with E-state index in [9.17, 15) is 24.7 Å². The van der Waals surface area contributed by atoms with Gasteiger partial charge in [-0.3, -0.25) is 9.44 Å². The van der Waals surface area contributed by atoms with Crippen LogP contribution in [0.2, 0.25) is 0 Å². The Hall–Kier alpha value is -1.67. The molecule has 4 atom stereocenters. The van der Waals surface area contributed by atoms with Crippen LogP contribution in [0.1, 0.15) is 67.7 Å². The standard InChI is InChI=1S/C19H34N2O6/c1-12-8-9-21(26,14(22)10-12)16(18(2,3)4)13(11-15(23)24)20-17(25)27-19(5,6)7/h12-13,16H,8-11H2,1-7H3,(H,20,25)(H,23,24)/t12?,13-,16?,21?/m0/s1. The van der Waals surface area contributed by atoms with Crippen LogP contribution in [-0.4, -0.2) is 52.0 Å². The SMILES string of the molecule is CC1CC[N+]([O-])(C([C@H](CC(=O)O)NC(=O)OC(C)(C)C)C(C)(C)C)C(=O)C1. The number of rotatable bonds is 5. The van der Waals surface area contributed by atoms with Gasteiger partial charge in [-0.05, 0) is 26.7 Å². The number of amides is 2. The predicted octanol–water partition coefficient (Wildman–Crippen LogP) is 3.04. The summed E-state index contributed by atoms with van der Waals surface area (Å²) >= 11 is 0. The van der Waals surface area contributed by atoms with Crippen LogP contribution in [0.25, 0.3) is 0 Å². The van der Waals surface area contributed by atoms with E-state index in [1.165, 1.54) is 0 Å². The van der Waals surface area contributed by atoms with Gasteiger partial charge in [0.1, 0.15) is 11.6 Å². The number of aliphatic carboxylic acids is 1. The number of carbonyl (C=O) groups excluding carboxylic acids is 2. The van der Waals surface area contributed by atoms with Gasteiger partial charge in [-0.25, -0.2) is 9.59 Å². The van der Waals surface area contributed by atoms with E-state index in [1.807, 2.05) is 6.92 Å². The van der Waals surface area contributed by atoms with Gasteiger partial charge in [-0.2, -0.15) is 0 Å². The molecule has 0 saturated carbocycles. The number of carbonyl (C=O) groups is 3. The highest BCUT2D eigenvalue weighted by atomic mass is 16.6. The Labute approximate surface area is 161 Å². The largest absolute Gasteiger partial charge is 0.625 e. The third-order valence-electron chi connectivity index (χ3n) is 4.71. The number of quaternary nitrogens is 1. The molecular weight excluding hydrogens is 352 g/mol. The number of nitrogens with one attached hydrogen (secondary N) is 1.